The second-order valence-corrected chi connectivity index (χ2v) is 6.91. The normalized spacial score (nSPS) is 22.6. The van der Waals surface area contributed by atoms with E-state index in [1.807, 2.05) is 31.2 Å². The zero-order valence-corrected chi connectivity index (χ0v) is 14.0. The number of H-pyrrole nitrogens is 1. The Morgan fingerprint density at radius 1 is 1.43 bits per heavy atom. The third kappa shape index (κ3) is 3.72. The van der Waals surface area contributed by atoms with Gasteiger partial charge in [0.25, 0.3) is 0 Å². The molecule has 0 spiro atoms. The quantitative estimate of drug-likeness (QED) is 0.890. The number of nitrogens with one attached hydrogen (secondary N) is 2. The zero-order valence-electron chi connectivity index (χ0n) is 14.0. The lowest BCUT2D eigenvalue weighted by Gasteiger charge is -2.20. The van der Waals surface area contributed by atoms with Gasteiger partial charge in [-0.3, -0.25) is 4.79 Å². The van der Waals surface area contributed by atoms with Gasteiger partial charge in [-0.25, -0.2) is 4.98 Å². The summed E-state index contributed by atoms with van der Waals surface area (Å²) < 4.78 is 5.52. The van der Waals surface area contributed by atoms with Crippen LogP contribution in [0.3, 0.4) is 0 Å². The van der Waals surface area contributed by atoms with Gasteiger partial charge >= 0.3 is 0 Å². The summed E-state index contributed by atoms with van der Waals surface area (Å²) in [6.07, 6.45) is 1.82. The van der Waals surface area contributed by atoms with Gasteiger partial charge in [-0.1, -0.05) is 26.0 Å². The molecular formula is C18H25N3O2. The van der Waals surface area contributed by atoms with E-state index >= 15 is 0 Å². The molecule has 3 rings (SSSR count). The van der Waals surface area contributed by atoms with Gasteiger partial charge in [0.2, 0.25) is 5.91 Å². The number of ether oxygens (including phenoxy) is 1. The number of imidazole rings is 1. The molecule has 1 saturated heterocycles. The molecule has 1 aliphatic rings. The first-order chi connectivity index (χ1) is 11.0. The molecule has 0 saturated carbocycles. The Morgan fingerprint density at radius 3 is 2.87 bits per heavy atom. The molecule has 124 valence electrons. The predicted molar refractivity (Wildman–Crippen MR) is 90.0 cm³/mol. The first-order valence-electron chi connectivity index (χ1n) is 8.39. The number of amides is 1. The molecule has 1 aromatic heterocycles. The smallest absolute Gasteiger partial charge is 0.226 e. The van der Waals surface area contributed by atoms with Gasteiger partial charge in [0.05, 0.1) is 35.7 Å². The van der Waals surface area contributed by atoms with Crippen LogP contribution in [0.5, 0.6) is 0 Å². The van der Waals surface area contributed by atoms with E-state index in [9.17, 15) is 4.79 Å². The molecule has 5 heteroatoms. The minimum atomic E-state index is -0.0918. The van der Waals surface area contributed by atoms with Crippen LogP contribution in [-0.4, -0.2) is 28.6 Å². The number of hydrogen-bond donors (Lipinski definition) is 2. The van der Waals surface area contributed by atoms with Crippen molar-refractivity contribution in [3.8, 4) is 0 Å². The van der Waals surface area contributed by atoms with Crippen molar-refractivity contribution in [2.24, 2.45) is 11.8 Å². The van der Waals surface area contributed by atoms with Gasteiger partial charge < -0.3 is 15.0 Å². The van der Waals surface area contributed by atoms with E-state index in [4.69, 9.17) is 4.74 Å². The van der Waals surface area contributed by atoms with Crippen LogP contribution < -0.4 is 5.32 Å². The Morgan fingerprint density at radius 2 is 2.22 bits per heavy atom. The SMILES string of the molecule is CC(C)CC(NC(=O)C1COC(C)C1)c1nc2ccccc2[nH]1. The summed E-state index contributed by atoms with van der Waals surface area (Å²) in [5.74, 6) is 1.32. The Hall–Kier alpha value is -1.88. The minimum absolute atomic E-state index is 0.0518. The van der Waals surface area contributed by atoms with Crippen molar-refractivity contribution in [2.45, 2.75) is 45.8 Å². The summed E-state index contributed by atoms with van der Waals surface area (Å²) in [6.45, 7) is 6.84. The number of nitrogens with zero attached hydrogens (tertiary/aromatic N) is 1. The van der Waals surface area contributed by atoms with Crippen LogP contribution in [0.15, 0.2) is 24.3 Å². The van der Waals surface area contributed by atoms with E-state index in [2.05, 4.69) is 29.1 Å². The standard InChI is InChI=1S/C18H25N3O2/c1-11(2)8-16(21-18(22)13-9-12(3)23-10-13)17-19-14-6-4-5-7-15(14)20-17/h4-7,11-13,16H,8-10H2,1-3H3,(H,19,20)(H,21,22). The van der Waals surface area contributed by atoms with Crippen molar-refractivity contribution in [2.75, 3.05) is 6.61 Å². The fraction of sp³-hybridized carbons (Fsp3) is 0.556. The Labute approximate surface area is 136 Å². The molecule has 0 aliphatic carbocycles. The van der Waals surface area contributed by atoms with Crippen LogP contribution in [0.25, 0.3) is 11.0 Å². The Kier molecular flexibility index (Phi) is 4.66. The molecule has 1 aromatic carbocycles. The molecule has 3 unspecified atom stereocenters. The van der Waals surface area contributed by atoms with Crippen LogP contribution >= 0.6 is 0 Å². The average Bonchev–Trinajstić information content (AvgIpc) is 3.11. The summed E-state index contributed by atoms with van der Waals surface area (Å²) in [5.41, 5.74) is 1.94. The van der Waals surface area contributed by atoms with Crippen molar-refractivity contribution in [1.29, 1.82) is 0 Å². The van der Waals surface area contributed by atoms with Gasteiger partial charge in [0, 0.05) is 0 Å². The lowest BCUT2D eigenvalue weighted by atomic mass is 10.0. The number of rotatable bonds is 5. The number of aromatic nitrogens is 2. The molecule has 0 radical (unpaired) electrons. The van der Waals surface area contributed by atoms with Gasteiger partial charge in [0.15, 0.2) is 0 Å². The topological polar surface area (TPSA) is 67.0 Å². The van der Waals surface area contributed by atoms with Crippen molar-refractivity contribution in [3.63, 3.8) is 0 Å². The summed E-state index contributed by atoms with van der Waals surface area (Å²) in [7, 11) is 0. The third-order valence-corrected chi connectivity index (χ3v) is 4.33. The highest BCUT2D eigenvalue weighted by Gasteiger charge is 2.30. The maximum atomic E-state index is 12.5. The second kappa shape index (κ2) is 6.71. The van der Waals surface area contributed by atoms with E-state index in [1.165, 1.54) is 0 Å². The fourth-order valence-electron chi connectivity index (χ4n) is 3.14. The summed E-state index contributed by atoms with van der Waals surface area (Å²) in [4.78, 5) is 20.5. The zero-order chi connectivity index (χ0) is 16.4. The van der Waals surface area contributed by atoms with Crippen molar-refractivity contribution in [1.82, 2.24) is 15.3 Å². The fourth-order valence-corrected chi connectivity index (χ4v) is 3.14. The number of carbonyl (C=O) groups excluding carboxylic acids is 1. The van der Waals surface area contributed by atoms with Crippen molar-refractivity contribution >= 4 is 16.9 Å². The summed E-state index contributed by atoms with van der Waals surface area (Å²) >= 11 is 0. The van der Waals surface area contributed by atoms with E-state index < -0.39 is 0 Å². The largest absolute Gasteiger partial charge is 0.378 e. The number of carbonyl (C=O) groups is 1. The number of aromatic amines is 1. The average molecular weight is 315 g/mol. The Balaban J connectivity index is 1.78. The summed E-state index contributed by atoms with van der Waals surface area (Å²) in [6, 6.07) is 7.85. The number of fused-ring (bicyclic) bond motifs is 1. The Bertz CT molecular complexity index is 647. The van der Waals surface area contributed by atoms with Gasteiger partial charge in [-0.2, -0.15) is 0 Å². The third-order valence-electron chi connectivity index (χ3n) is 4.33. The maximum Gasteiger partial charge on any atom is 0.226 e. The monoisotopic (exact) mass is 315 g/mol. The highest BCUT2D eigenvalue weighted by molar-refractivity contribution is 5.80. The van der Waals surface area contributed by atoms with Crippen molar-refractivity contribution in [3.05, 3.63) is 30.1 Å². The minimum Gasteiger partial charge on any atom is -0.378 e. The first kappa shape index (κ1) is 16.0. The molecule has 2 heterocycles. The number of para-hydroxylation sites is 2. The van der Waals surface area contributed by atoms with Crippen LogP contribution in [-0.2, 0) is 9.53 Å². The van der Waals surface area contributed by atoms with Gasteiger partial charge in [-0.05, 0) is 37.8 Å². The van der Waals surface area contributed by atoms with Gasteiger partial charge in [-0.15, -0.1) is 0 Å². The van der Waals surface area contributed by atoms with E-state index in [1.54, 1.807) is 0 Å². The molecule has 0 bridgehead atoms. The molecular weight excluding hydrogens is 290 g/mol. The highest BCUT2D eigenvalue weighted by Crippen LogP contribution is 2.24. The van der Waals surface area contributed by atoms with Crippen LogP contribution in [0.2, 0.25) is 0 Å². The molecule has 1 fully saturated rings. The highest BCUT2D eigenvalue weighted by atomic mass is 16.5. The van der Waals surface area contributed by atoms with Crippen molar-refractivity contribution < 1.29 is 9.53 Å². The molecule has 23 heavy (non-hydrogen) atoms. The maximum absolute atomic E-state index is 12.5. The molecule has 2 N–H and O–H groups in total. The molecule has 2 aromatic rings. The van der Waals surface area contributed by atoms with Gasteiger partial charge in [0.1, 0.15) is 5.82 Å². The van der Waals surface area contributed by atoms with E-state index in [-0.39, 0.29) is 24.0 Å². The molecule has 1 amide bonds. The first-order valence-corrected chi connectivity index (χ1v) is 8.39. The summed E-state index contributed by atoms with van der Waals surface area (Å²) in [5, 5.41) is 3.18. The van der Waals surface area contributed by atoms with E-state index in [0.717, 1.165) is 29.7 Å². The molecule has 3 atom stereocenters. The van der Waals surface area contributed by atoms with Crippen LogP contribution in [0.1, 0.15) is 45.5 Å². The number of hydrogen-bond acceptors (Lipinski definition) is 3. The van der Waals surface area contributed by atoms with Crippen LogP contribution in [0, 0.1) is 11.8 Å². The molecule has 5 nitrogen and oxygen atoms in total. The van der Waals surface area contributed by atoms with E-state index in [0.29, 0.717) is 12.5 Å². The lowest BCUT2D eigenvalue weighted by molar-refractivity contribution is -0.125. The molecule has 1 aliphatic heterocycles. The lowest BCUT2D eigenvalue weighted by Crippen LogP contribution is -2.35. The predicted octanol–water partition coefficient (Wildman–Crippen LogP) is 3.19. The number of benzene rings is 1. The second-order valence-electron chi connectivity index (χ2n) is 6.91. The van der Waals surface area contributed by atoms with Crippen LogP contribution in [0.4, 0.5) is 0 Å².